The molecule has 12 heavy (non-hydrogen) atoms. The largest absolute Gasteiger partial charge is 0.286 e. The third kappa shape index (κ3) is 1.78. The standard InChI is InChI=1S/C10H9FO/c1-2-9(11)10(12)8-6-4-3-5-7-8/h2-7H,1H3/b9-2-. The topological polar surface area (TPSA) is 17.1 Å². The highest BCUT2D eigenvalue weighted by molar-refractivity contribution is 6.06. The van der Waals surface area contributed by atoms with E-state index in [0.29, 0.717) is 5.56 Å². The zero-order valence-electron chi connectivity index (χ0n) is 6.75. The van der Waals surface area contributed by atoms with Gasteiger partial charge in [0, 0.05) is 5.56 Å². The monoisotopic (exact) mass is 164 g/mol. The van der Waals surface area contributed by atoms with Crippen LogP contribution in [0.5, 0.6) is 0 Å². The summed E-state index contributed by atoms with van der Waals surface area (Å²) in [7, 11) is 0. The van der Waals surface area contributed by atoms with Crippen molar-refractivity contribution in [2.24, 2.45) is 0 Å². The van der Waals surface area contributed by atoms with Crippen LogP contribution in [0.3, 0.4) is 0 Å². The molecular formula is C10H9FO. The Morgan fingerprint density at radius 2 is 1.92 bits per heavy atom. The highest BCUT2D eigenvalue weighted by Crippen LogP contribution is 2.08. The number of hydrogen-bond acceptors (Lipinski definition) is 1. The minimum Gasteiger partial charge on any atom is -0.286 e. The van der Waals surface area contributed by atoms with Gasteiger partial charge < -0.3 is 0 Å². The maximum Gasteiger partial charge on any atom is 0.220 e. The average molecular weight is 164 g/mol. The highest BCUT2D eigenvalue weighted by Gasteiger charge is 2.08. The van der Waals surface area contributed by atoms with E-state index in [0.717, 1.165) is 6.08 Å². The van der Waals surface area contributed by atoms with Crippen molar-refractivity contribution < 1.29 is 9.18 Å². The fourth-order valence-electron chi connectivity index (χ4n) is 0.859. The van der Waals surface area contributed by atoms with Gasteiger partial charge in [0.05, 0.1) is 0 Å². The Balaban J connectivity index is 2.94. The minimum absolute atomic E-state index is 0.383. The Hall–Kier alpha value is -1.44. The molecule has 62 valence electrons. The summed E-state index contributed by atoms with van der Waals surface area (Å²) in [5, 5.41) is 0. The fraction of sp³-hybridized carbons (Fsp3) is 0.100. The van der Waals surface area contributed by atoms with Crippen LogP contribution < -0.4 is 0 Å². The van der Waals surface area contributed by atoms with E-state index in [1.807, 2.05) is 0 Å². The lowest BCUT2D eigenvalue weighted by Gasteiger charge is -1.95. The molecular weight excluding hydrogens is 155 g/mol. The van der Waals surface area contributed by atoms with E-state index in [-0.39, 0.29) is 0 Å². The molecule has 0 aliphatic rings. The van der Waals surface area contributed by atoms with Crippen LogP contribution in [0.2, 0.25) is 0 Å². The van der Waals surface area contributed by atoms with Crippen molar-refractivity contribution in [2.45, 2.75) is 6.92 Å². The van der Waals surface area contributed by atoms with Gasteiger partial charge in [-0.3, -0.25) is 4.79 Å². The molecule has 1 aromatic carbocycles. The molecule has 0 atom stereocenters. The summed E-state index contributed by atoms with van der Waals surface area (Å²) in [6, 6.07) is 8.37. The van der Waals surface area contributed by atoms with Crippen molar-refractivity contribution in [1.82, 2.24) is 0 Å². The Morgan fingerprint density at radius 3 is 2.42 bits per heavy atom. The van der Waals surface area contributed by atoms with Crippen molar-refractivity contribution in [3.63, 3.8) is 0 Å². The van der Waals surface area contributed by atoms with Crippen molar-refractivity contribution in [1.29, 1.82) is 0 Å². The van der Waals surface area contributed by atoms with Gasteiger partial charge in [-0.15, -0.1) is 0 Å². The smallest absolute Gasteiger partial charge is 0.220 e. The first kappa shape index (κ1) is 8.65. The summed E-state index contributed by atoms with van der Waals surface area (Å²) in [6.45, 7) is 1.50. The van der Waals surface area contributed by atoms with Crippen LogP contribution in [0.1, 0.15) is 17.3 Å². The maximum atomic E-state index is 12.7. The van der Waals surface area contributed by atoms with Crippen molar-refractivity contribution in [3.05, 3.63) is 47.8 Å². The lowest BCUT2D eigenvalue weighted by molar-refractivity contribution is 0.100. The molecule has 1 nitrogen and oxygen atoms in total. The summed E-state index contributed by atoms with van der Waals surface area (Å²) < 4.78 is 12.7. The quantitative estimate of drug-likeness (QED) is 0.485. The second-order valence-corrected chi connectivity index (χ2v) is 2.33. The number of carbonyl (C=O) groups is 1. The lowest BCUT2D eigenvalue weighted by Crippen LogP contribution is -1.98. The zero-order valence-corrected chi connectivity index (χ0v) is 6.75. The molecule has 0 aliphatic heterocycles. The predicted octanol–water partition coefficient (Wildman–Crippen LogP) is 2.74. The Kier molecular flexibility index (Phi) is 2.75. The van der Waals surface area contributed by atoms with Crippen molar-refractivity contribution >= 4 is 5.78 Å². The van der Waals surface area contributed by atoms with Crippen LogP contribution in [0, 0.1) is 0 Å². The highest BCUT2D eigenvalue weighted by atomic mass is 19.1. The molecule has 1 aromatic rings. The molecule has 0 saturated heterocycles. The second-order valence-electron chi connectivity index (χ2n) is 2.33. The molecule has 2 heteroatoms. The molecule has 0 bridgehead atoms. The van der Waals surface area contributed by atoms with E-state index in [4.69, 9.17) is 0 Å². The number of rotatable bonds is 2. The number of ketones is 1. The van der Waals surface area contributed by atoms with Gasteiger partial charge in [-0.1, -0.05) is 30.3 Å². The first-order valence-corrected chi connectivity index (χ1v) is 3.67. The van der Waals surface area contributed by atoms with Gasteiger partial charge in [0.15, 0.2) is 5.83 Å². The summed E-state index contributed by atoms with van der Waals surface area (Å²) in [5.74, 6) is -1.26. The molecule has 1 rings (SSSR count). The van der Waals surface area contributed by atoms with Crippen LogP contribution in [-0.4, -0.2) is 5.78 Å². The lowest BCUT2D eigenvalue weighted by atomic mass is 10.1. The molecule has 0 aliphatic carbocycles. The molecule has 0 N–H and O–H groups in total. The molecule has 0 unspecified atom stereocenters. The fourth-order valence-corrected chi connectivity index (χ4v) is 0.859. The molecule has 0 fully saturated rings. The third-order valence-corrected chi connectivity index (χ3v) is 1.51. The predicted molar refractivity (Wildman–Crippen MR) is 45.6 cm³/mol. The maximum absolute atomic E-state index is 12.7. The number of benzene rings is 1. The van der Waals surface area contributed by atoms with Gasteiger partial charge >= 0.3 is 0 Å². The van der Waals surface area contributed by atoms with Crippen molar-refractivity contribution in [2.75, 3.05) is 0 Å². The zero-order chi connectivity index (χ0) is 8.97. The van der Waals surface area contributed by atoms with Crippen LogP contribution >= 0.6 is 0 Å². The van der Waals surface area contributed by atoms with E-state index in [9.17, 15) is 9.18 Å². The van der Waals surface area contributed by atoms with Gasteiger partial charge in [-0.25, -0.2) is 4.39 Å². The third-order valence-electron chi connectivity index (χ3n) is 1.51. The summed E-state index contributed by atoms with van der Waals surface area (Å²) >= 11 is 0. The minimum atomic E-state index is -0.707. The summed E-state index contributed by atoms with van der Waals surface area (Å²) in [4.78, 5) is 11.1. The van der Waals surface area contributed by atoms with Gasteiger partial charge in [-0.05, 0) is 13.0 Å². The number of allylic oxidation sites excluding steroid dienone is 2. The molecule has 0 aromatic heterocycles. The van der Waals surface area contributed by atoms with E-state index in [1.54, 1.807) is 30.3 Å². The number of hydrogen-bond donors (Lipinski definition) is 0. The van der Waals surface area contributed by atoms with Crippen LogP contribution in [0.15, 0.2) is 42.2 Å². The number of Topliss-reactive ketones (excluding diaryl/α,β-unsaturated/α-hetero) is 1. The van der Waals surface area contributed by atoms with Gasteiger partial charge in [0.2, 0.25) is 5.78 Å². The Labute approximate surface area is 70.5 Å². The van der Waals surface area contributed by atoms with Gasteiger partial charge in [0.25, 0.3) is 0 Å². The number of halogens is 1. The summed E-state index contributed by atoms with van der Waals surface area (Å²) in [5.41, 5.74) is 0.383. The van der Waals surface area contributed by atoms with Gasteiger partial charge in [0.1, 0.15) is 0 Å². The Bertz CT molecular complexity index is 301. The molecule has 0 spiro atoms. The molecule has 0 heterocycles. The average Bonchev–Trinajstić information content (AvgIpc) is 2.17. The summed E-state index contributed by atoms with van der Waals surface area (Å²) in [6.07, 6.45) is 1.16. The van der Waals surface area contributed by atoms with Crippen molar-refractivity contribution in [3.8, 4) is 0 Å². The van der Waals surface area contributed by atoms with E-state index < -0.39 is 11.6 Å². The second kappa shape index (κ2) is 3.81. The van der Waals surface area contributed by atoms with E-state index in [2.05, 4.69) is 0 Å². The first-order valence-electron chi connectivity index (χ1n) is 3.67. The molecule has 0 amide bonds. The molecule has 0 radical (unpaired) electrons. The first-order chi connectivity index (χ1) is 5.75. The van der Waals surface area contributed by atoms with E-state index in [1.165, 1.54) is 6.92 Å². The van der Waals surface area contributed by atoms with Crippen LogP contribution in [0.4, 0.5) is 4.39 Å². The normalized spacial score (nSPS) is 11.3. The SMILES string of the molecule is C/C=C(\F)C(=O)c1ccccc1. The van der Waals surface area contributed by atoms with Gasteiger partial charge in [-0.2, -0.15) is 0 Å². The van der Waals surface area contributed by atoms with Crippen LogP contribution in [0.25, 0.3) is 0 Å². The number of carbonyl (C=O) groups excluding carboxylic acids is 1. The molecule has 0 saturated carbocycles. The van der Waals surface area contributed by atoms with Crippen LogP contribution in [-0.2, 0) is 0 Å². The van der Waals surface area contributed by atoms with E-state index >= 15 is 0 Å². The Morgan fingerprint density at radius 1 is 1.33 bits per heavy atom.